The fourth-order valence-electron chi connectivity index (χ4n) is 0.967. The van der Waals surface area contributed by atoms with Gasteiger partial charge in [0.05, 0.1) is 16.0 Å². The van der Waals surface area contributed by atoms with E-state index in [9.17, 15) is 4.79 Å². The van der Waals surface area contributed by atoms with E-state index in [0.717, 1.165) is 21.8 Å². The van der Waals surface area contributed by atoms with Crippen molar-refractivity contribution in [2.24, 2.45) is 0 Å². The predicted octanol–water partition coefficient (Wildman–Crippen LogP) is 2.82. The van der Waals surface area contributed by atoms with Crippen molar-refractivity contribution in [3.05, 3.63) is 35.4 Å². The van der Waals surface area contributed by atoms with Gasteiger partial charge in [0, 0.05) is 0 Å². The van der Waals surface area contributed by atoms with Gasteiger partial charge in [0.1, 0.15) is 5.76 Å². The molecule has 0 amide bonds. The Balaban J connectivity index is 2.41. The van der Waals surface area contributed by atoms with E-state index in [4.69, 9.17) is 4.42 Å². The van der Waals surface area contributed by atoms with Crippen LogP contribution >= 0.6 is 11.3 Å². The molecule has 3 heteroatoms. The Labute approximate surface area is 73.4 Å². The van der Waals surface area contributed by atoms with Gasteiger partial charge in [-0.3, -0.25) is 4.79 Å². The third-order valence-corrected chi connectivity index (χ3v) is 2.53. The third-order valence-electron chi connectivity index (χ3n) is 1.51. The fourth-order valence-corrected chi connectivity index (χ4v) is 1.76. The van der Waals surface area contributed by atoms with E-state index in [1.54, 1.807) is 12.3 Å². The minimum Gasteiger partial charge on any atom is -0.464 e. The largest absolute Gasteiger partial charge is 0.464 e. The molecule has 2 nitrogen and oxygen atoms in total. The van der Waals surface area contributed by atoms with Gasteiger partial charge < -0.3 is 4.42 Å². The minimum atomic E-state index is 0.724. The second-order valence-electron chi connectivity index (χ2n) is 2.30. The molecule has 12 heavy (non-hydrogen) atoms. The summed E-state index contributed by atoms with van der Waals surface area (Å²) in [6.07, 6.45) is 2.47. The standard InChI is InChI=1S/C9H6O2S/c10-6-7-3-4-9(12-7)8-2-1-5-11-8/h1-6H. The van der Waals surface area contributed by atoms with Crippen molar-refractivity contribution in [2.75, 3.05) is 0 Å². The van der Waals surface area contributed by atoms with Gasteiger partial charge in [-0.1, -0.05) is 0 Å². The van der Waals surface area contributed by atoms with Crippen molar-refractivity contribution < 1.29 is 9.21 Å². The van der Waals surface area contributed by atoms with Crippen LogP contribution in [0.25, 0.3) is 10.6 Å². The average Bonchev–Trinajstić information content (AvgIpc) is 2.75. The molecule has 0 aliphatic heterocycles. The number of rotatable bonds is 2. The summed E-state index contributed by atoms with van der Waals surface area (Å²) in [5.74, 6) is 0.813. The lowest BCUT2D eigenvalue weighted by Gasteiger charge is -1.85. The fraction of sp³-hybridized carbons (Fsp3) is 0. The van der Waals surface area contributed by atoms with Crippen LogP contribution in [0.4, 0.5) is 0 Å². The highest BCUT2D eigenvalue weighted by Gasteiger charge is 2.03. The lowest BCUT2D eigenvalue weighted by Crippen LogP contribution is -1.62. The summed E-state index contributed by atoms with van der Waals surface area (Å²) in [5.41, 5.74) is 0. The van der Waals surface area contributed by atoms with Crippen LogP contribution in [0.1, 0.15) is 9.67 Å². The number of carbonyl (C=O) groups excluding carboxylic acids is 1. The molecule has 0 radical (unpaired) electrons. The van der Waals surface area contributed by atoms with Crippen molar-refractivity contribution in [3.63, 3.8) is 0 Å². The highest BCUT2D eigenvalue weighted by atomic mass is 32.1. The Kier molecular flexibility index (Phi) is 1.80. The molecule has 0 bridgehead atoms. The van der Waals surface area contributed by atoms with Crippen LogP contribution in [-0.2, 0) is 0 Å². The van der Waals surface area contributed by atoms with E-state index in [1.807, 2.05) is 18.2 Å². The van der Waals surface area contributed by atoms with Gasteiger partial charge in [-0.25, -0.2) is 0 Å². The van der Waals surface area contributed by atoms with E-state index in [0.29, 0.717) is 0 Å². The van der Waals surface area contributed by atoms with Gasteiger partial charge in [0.15, 0.2) is 6.29 Å². The first-order chi connectivity index (χ1) is 5.90. The van der Waals surface area contributed by atoms with E-state index in [-0.39, 0.29) is 0 Å². The second-order valence-corrected chi connectivity index (χ2v) is 3.41. The summed E-state index contributed by atoms with van der Waals surface area (Å²) in [7, 11) is 0. The number of furan rings is 1. The van der Waals surface area contributed by atoms with Crippen molar-refractivity contribution >= 4 is 17.6 Å². The monoisotopic (exact) mass is 178 g/mol. The first kappa shape index (κ1) is 7.31. The molecule has 0 saturated heterocycles. The van der Waals surface area contributed by atoms with Gasteiger partial charge in [0.2, 0.25) is 0 Å². The highest BCUT2D eigenvalue weighted by Crippen LogP contribution is 2.27. The van der Waals surface area contributed by atoms with Crippen molar-refractivity contribution in [3.8, 4) is 10.6 Å². The van der Waals surface area contributed by atoms with E-state index >= 15 is 0 Å². The van der Waals surface area contributed by atoms with Gasteiger partial charge in [-0.15, -0.1) is 11.3 Å². The Morgan fingerprint density at radius 2 is 2.25 bits per heavy atom. The van der Waals surface area contributed by atoms with Crippen LogP contribution in [0.3, 0.4) is 0 Å². The Morgan fingerprint density at radius 1 is 1.33 bits per heavy atom. The minimum absolute atomic E-state index is 0.724. The maximum Gasteiger partial charge on any atom is 0.160 e. The first-order valence-electron chi connectivity index (χ1n) is 3.49. The van der Waals surface area contributed by atoms with Crippen LogP contribution in [0, 0.1) is 0 Å². The number of carbonyl (C=O) groups is 1. The molecule has 2 aromatic rings. The van der Waals surface area contributed by atoms with Crippen molar-refractivity contribution in [1.29, 1.82) is 0 Å². The summed E-state index contributed by atoms with van der Waals surface area (Å²) in [6.45, 7) is 0. The molecule has 0 atom stereocenters. The summed E-state index contributed by atoms with van der Waals surface area (Å²) in [4.78, 5) is 12.1. The normalized spacial score (nSPS) is 10.0. The number of hydrogen-bond acceptors (Lipinski definition) is 3. The van der Waals surface area contributed by atoms with Gasteiger partial charge in [-0.05, 0) is 24.3 Å². The quantitative estimate of drug-likeness (QED) is 0.662. The molecular weight excluding hydrogens is 172 g/mol. The molecule has 0 unspecified atom stereocenters. The second kappa shape index (κ2) is 2.95. The van der Waals surface area contributed by atoms with Crippen LogP contribution in [-0.4, -0.2) is 6.29 Å². The molecule has 2 rings (SSSR count). The van der Waals surface area contributed by atoms with Gasteiger partial charge in [-0.2, -0.15) is 0 Å². The van der Waals surface area contributed by atoms with Gasteiger partial charge in [0.25, 0.3) is 0 Å². The van der Waals surface area contributed by atoms with Gasteiger partial charge >= 0.3 is 0 Å². The Morgan fingerprint density at radius 3 is 2.83 bits per heavy atom. The zero-order valence-corrected chi connectivity index (χ0v) is 7.01. The number of thiophene rings is 1. The van der Waals surface area contributed by atoms with Crippen molar-refractivity contribution in [2.45, 2.75) is 0 Å². The maximum atomic E-state index is 10.4. The third kappa shape index (κ3) is 1.19. The summed E-state index contributed by atoms with van der Waals surface area (Å²) in [6, 6.07) is 7.37. The van der Waals surface area contributed by atoms with E-state index in [1.165, 1.54) is 11.3 Å². The zero-order chi connectivity index (χ0) is 8.39. The van der Waals surface area contributed by atoms with Crippen LogP contribution in [0.2, 0.25) is 0 Å². The lowest BCUT2D eigenvalue weighted by molar-refractivity contribution is 0.112. The van der Waals surface area contributed by atoms with E-state index < -0.39 is 0 Å². The SMILES string of the molecule is O=Cc1ccc(-c2ccco2)s1. The molecule has 2 aromatic heterocycles. The summed E-state index contributed by atoms with van der Waals surface area (Å²) < 4.78 is 5.17. The predicted molar refractivity (Wildman–Crippen MR) is 47.4 cm³/mol. The molecule has 0 saturated carbocycles. The van der Waals surface area contributed by atoms with Crippen LogP contribution < -0.4 is 0 Å². The Hall–Kier alpha value is -1.35. The zero-order valence-electron chi connectivity index (χ0n) is 6.19. The summed E-state index contributed by atoms with van der Waals surface area (Å²) >= 11 is 1.43. The first-order valence-corrected chi connectivity index (χ1v) is 4.30. The van der Waals surface area contributed by atoms with Crippen LogP contribution in [0.5, 0.6) is 0 Å². The topological polar surface area (TPSA) is 30.2 Å². The molecule has 60 valence electrons. The molecule has 2 heterocycles. The molecule has 0 aromatic carbocycles. The molecular formula is C9H6O2S. The smallest absolute Gasteiger partial charge is 0.160 e. The summed E-state index contributed by atoms with van der Waals surface area (Å²) in [5, 5.41) is 0. The Bertz CT molecular complexity index is 373. The highest BCUT2D eigenvalue weighted by molar-refractivity contribution is 7.16. The lowest BCUT2D eigenvalue weighted by atomic mass is 10.3. The molecule has 0 fully saturated rings. The van der Waals surface area contributed by atoms with Crippen molar-refractivity contribution in [1.82, 2.24) is 0 Å². The molecule has 0 spiro atoms. The number of hydrogen-bond donors (Lipinski definition) is 0. The maximum absolute atomic E-state index is 10.4. The molecule has 0 aliphatic rings. The average molecular weight is 178 g/mol. The molecule has 0 N–H and O–H groups in total. The van der Waals surface area contributed by atoms with Crippen LogP contribution in [0.15, 0.2) is 34.9 Å². The van der Waals surface area contributed by atoms with E-state index in [2.05, 4.69) is 0 Å². The number of aldehydes is 1. The molecule has 0 aliphatic carbocycles.